The first-order valence-corrected chi connectivity index (χ1v) is 13.2. The number of alkyl carbamates (subject to hydrolysis) is 1. The standard InChI is InChI=1S/C28H29N7O4S/c1-28(2,3)39-27(37)34-11-12-38-19-7-5-18(6-8-19)23-20(14-29)24(31)35-26(21(23)15-30)40-16-17-9-10-33-22(13-17)25(36)32-4/h5-10,13H,11-12,16H2,1-4H3,(H2,31,35)(H,32,36)(H,34,37). The Morgan fingerprint density at radius 3 is 2.42 bits per heavy atom. The summed E-state index contributed by atoms with van der Waals surface area (Å²) in [7, 11) is 1.53. The van der Waals surface area contributed by atoms with Gasteiger partial charge in [0.25, 0.3) is 5.91 Å². The quantitative estimate of drug-likeness (QED) is 0.256. The highest BCUT2D eigenvalue weighted by Crippen LogP contribution is 2.37. The topological polar surface area (TPSA) is 176 Å². The SMILES string of the molecule is CNC(=O)c1cc(CSc2nc(N)c(C#N)c(-c3ccc(OCCNC(=O)OC(C)(C)C)cc3)c2C#N)ccn1. The number of ether oxygens (including phenoxy) is 2. The van der Waals surface area contributed by atoms with Crippen molar-refractivity contribution in [2.45, 2.75) is 37.2 Å². The van der Waals surface area contributed by atoms with Gasteiger partial charge in [0.05, 0.1) is 12.1 Å². The van der Waals surface area contributed by atoms with Gasteiger partial charge >= 0.3 is 6.09 Å². The van der Waals surface area contributed by atoms with Crippen LogP contribution in [0.2, 0.25) is 0 Å². The number of thioether (sulfide) groups is 1. The zero-order valence-electron chi connectivity index (χ0n) is 22.6. The van der Waals surface area contributed by atoms with E-state index in [9.17, 15) is 20.1 Å². The fourth-order valence-electron chi connectivity index (χ4n) is 3.51. The summed E-state index contributed by atoms with van der Waals surface area (Å²) in [5, 5.41) is 25.4. The predicted molar refractivity (Wildman–Crippen MR) is 150 cm³/mol. The molecule has 12 heteroatoms. The van der Waals surface area contributed by atoms with Crippen LogP contribution < -0.4 is 21.1 Å². The van der Waals surface area contributed by atoms with Crippen molar-refractivity contribution in [3.8, 4) is 29.0 Å². The Labute approximate surface area is 236 Å². The lowest BCUT2D eigenvalue weighted by molar-refractivity contribution is 0.0520. The second-order valence-electron chi connectivity index (χ2n) is 9.37. The summed E-state index contributed by atoms with van der Waals surface area (Å²) < 4.78 is 10.9. The molecule has 3 rings (SSSR count). The summed E-state index contributed by atoms with van der Waals surface area (Å²) in [6.45, 7) is 5.80. The zero-order chi connectivity index (χ0) is 29.3. The number of benzene rings is 1. The van der Waals surface area contributed by atoms with Crippen LogP contribution in [0.5, 0.6) is 5.75 Å². The van der Waals surface area contributed by atoms with E-state index in [0.29, 0.717) is 27.7 Å². The molecule has 0 fully saturated rings. The van der Waals surface area contributed by atoms with E-state index in [0.717, 1.165) is 5.56 Å². The van der Waals surface area contributed by atoms with Gasteiger partial charge in [-0.25, -0.2) is 9.78 Å². The highest BCUT2D eigenvalue weighted by atomic mass is 32.2. The molecule has 0 aliphatic rings. The molecule has 3 aromatic rings. The van der Waals surface area contributed by atoms with Gasteiger partial charge in [0.1, 0.15) is 52.2 Å². The van der Waals surface area contributed by atoms with E-state index in [1.165, 1.54) is 25.0 Å². The van der Waals surface area contributed by atoms with Gasteiger partial charge in [-0.2, -0.15) is 10.5 Å². The fourth-order valence-corrected chi connectivity index (χ4v) is 4.45. The van der Waals surface area contributed by atoms with E-state index < -0.39 is 11.7 Å². The number of anilines is 1. The lowest BCUT2D eigenvalue weighted by Crippen LogP contribution is -2.34. The van der Waals surface area contributed by atoms with Crippen molar-refractivity contribution in [1.29, 1.82) is 10.5 Å². The molecule has 206 valence electrons. The molecule has 2 amide bonds. The maximum atomic E-state index is 11.9. The molecule has 2 aromatic heterocycles. The van der Waals surface area contributed by atoms with Crippen LogP contribution in [-0.4, -0.2) is 47.8 Å². The van der Waals surface area contributed by atoms with Crippen LogP contribution in [0.15, 0.2) is 47.6 Å². The molecule has 40 heavy (non-hydrogen) atoms. The van der Waals surface area contributed by atoms with Crippen molar-refractivity contribution in [3.05, 3.63) is 65.0 Å². The summed E-state index contributed by atoms with van der Waals surface area (Å²) in [6, 6.07) is 14.5. The van der Waals surface area contributed by atoms with Crippen LogP contribution in [0.1, 0.15) is 48.0 Å². The normalized spacial score (nSPS) is 10.7. The number of carbonyl (C=O) groups is 2. The maximum absolute atomic E-state index is 11.9. The minimum atomic E-state index is -0.588. The fraction of sp³-hybridized carbons (Fsp3) is 0.286. The molecule has 0 radical (unpaired) electrons. The second kappa shape index (κ2) is 13.3. The average molecular weight is 560 g/mol. The number of nitrogens with zero attached hydrogens (tertiary/aromatic N) is 4. The number of hydrogen-bond acceptors (Lipinski definition) is 10. The molecule has 2 heterocycles. The molecule has 4 N–H and O–H groups in total. The molecule has 0 atom stereocenters. The summed E-state index contributed by atoms with van der Waals surface area (Å²) in [6.07, 6.45) is 1.01. The van der Waals surface area contributed by atoms with Gasteiger partial charge in [-0.05, 0) is 56.2 Å². The molecular weight excluding hydrogens is 530 g/mol. The lowest BCUT2D eigenvalue weighted by atomic mass is 9.97. The number of hydrogen-bond donors (Lipinski definition) is 3. The average Bonchev–Trinajstić information content (AvgIpc) is 2.93. The Kier molecular flexibility index (Phi) is 9.90. The number of nitriles is 2. The zero-order valence-corrected chi connectivity index (χ0v) is 23.4. The molecule has 1 aromatic carbocycles. The Morgan fingerprint density at radius 1 is 1.10 bits per heavy atom. The number of pyridine rings is 2. The smallest absolute Gasteiger partial charge is 0.407 e. The molecule has 0 saturated heterocycles. The van der Waals surface area contributed by atoms with Crippen LogP contribution in [0.4, 0.5) is 10.6 Å². The van der Waals surface area contributed by atoms with E-state index in [1.807, 2.05) is 0 Å². The number of rotatable bonds is 9. The largest absolute Gasteiger partial charge is 0.492 e. The number of nitrogens with one attached hydrogen (secondary N) is 2. The molecule has 11 nitrogen and oxygen atoms in total. The molecule has 0 aliphatic heterocycles. The van der Waals surface area contributed by atoms with Crippen LogP contribution >= 0.6 is 11.8 Å². The summed E-state index contributed by atoms with van der Waals surface area (Å²) in [5.41, 5.74) is 7.90. The van der Waals surface area contributed by atoms with Gasteiger partial charge in [-0.15, -0.1) is 11.8 Å². The van der Waals surface area contributed by atoms with Crippen molar-refractivity contribution in [2.75, 3.05) is 25.9 Å². The maximum Gasteiger partial charge on any atom is 0.407 e. The van der Waals surface area contributed by atoms with Gasteiger partial charge in [0, 0.05) is 24.6 Å². The van der Waals surface area contributed by atoms with Gasteiger partial charge in [0.15, 0.2) is 0 Å². The van der Waals surface area contributed by atoms with Crippen LogP contribution in [0, 0.1) is 22.7 Å². The third-order valence-electron chi connectivity index (χ3n) is 5.26. The van der Waals surface area contributed by atoms with E-state index in [1.54, 1.807) is 57.2 Å². The lowest BCUT2D eigenvalue weighted by Gasteiger charge is -2.19. The highest BCUT2D eigenvalue weighted by Gasteiger charge is 2.21. The van der Waals surface area contributed by atoms with Crippen molar-refractivity contribution in [3.63, 3.8) is 0 Å². The van der Waals surface area contributed by atoms with E-state index in [2.05, 4.69) is 32.7 Å². The number of nitrogens with two attached hydrogens (primary N) is 1. The first kappa shape index (κ1) is 29.7. The molecule has 0 aliphatic carbocycles. The third-order valence-corrected chi connectivity index (χ3v) is 6.30. The minimum Gasteiger partial charge on any atom is -0.492 e. The van der Waals surface area contributed by atoms with Crippen LogP contribution in [0.25, 0.3) is 11.1 Å². The monoisotopic (exact) mass is 559 g/mol. The van der Waals surface area contributed by atoms with Crippen LogP contribution in [-0.2, 0) is 10.5 Å². The molecule has 0 unspecified atom stereocenters. The van der Waals surface area contributed by atoms with E-state index in [-0.39, 0.29) is 41.7 Å². The number of nitrogen functional groups attached to an aromatic ring is 1. The Balaban J connectivity index is 1.78. The summed E-state index contributed by atoms with van der Waals surface area (Å²) in [5.74, 6) is 0.629. The van der Waals surface area contributed by atoms with Crippen molar-refractivity contribution in [2.24, 2.45) is 0 Å². The number of amides is 2. The summed E-state index contributed by atoms with van der Waals surface area (Å²) >= 11 is 1.27. The number of aromatic nitrogens is 2. The third kappa shape index (κ3) is 7.85. The van der Waals surface area contributed by atoms with Crippen molar-refractivity contribution in [1.82, 2.24) is 20.6 Å². The van der Waals surface area contributed by atoms with Gasteiger partial charge < -0.3 is 25.8 Å². The molecule has 0 spiro atoms. The van der Waals surface area contributed by atoms with Gasteiger partial charge in [-0.1, -0.05) is 12.1 Å². The van der Waals surface area contributed by atoms with Crippen molar-refractivity contribution < 1.29 is 19.1 Å². The Morgan fingerprint density at radius 2 is 1.80 bits per heavy atom. The number of carbonyl (C=O) groups excluding carboxylic acids is 2. The van der Waals surface area contributed by atoms with Crippen molar-refractivity contribution >= 4 is 29.6 Å². The van der Waals surface area contributed by atoms with E-state index in [4.69, 9.17) is 15.2 Å². The first-order valence-electron chi connectivity index (χ1n) is 12.2. The Hall–Kier alpha value is -4.81. The first-order chi connectivity index (χ1) is 19.1. The molecular formula is C28H29N7O4S. The van der Waals surface area contributed by atoms with Crippen LogP contribution in [0.3, 0.4) is 0 Å². The highest BCUT2D eigenvalue weighted by molar-refractivity contribution is 7.98. The molecule has 0 bridgehead atoms. The second-order valence-corrected chi connectivity index (χ2v) is 10.3. The van der Waals surface area contributed by atoms with Gasteiger partial charge in [0.2, 0.25) is 0 Å². The predicted octanol–water partition coefficient (Wildman–Crippen LogP) is 4.02. The summed E-state index contributed by atoms with van der Waals surface area (Å²) in [4.78, 5) is 32.1. The van der Waals surface area contributed by atoms with E-state index >= 15 is 0 Å². The van der Waals surface area contributed by atoms with Gasteiger partial charge in [-0.3, -0.25) is 9.78 Å². The Bertz CT molecular complexity index is 1470. The minimum absolute atomic E-state index is 0.00771. The molecule has 0 saturated carbocycles.